The van der Waals surface area contributed by atoms with Gasteiger partial charge in [-0.1, -0.05) is 42.5 Å². The summed E-state index contributed by atoms with van der Waals surface area (Å²) in [6, 6.07) is 17.2. The number of urea groups is 1. The highest BCUT2D eigenvalue weighted by Crippen LogP contribution is 2.21. The summed E-state index contributed by atoms with van der Waals surface area (Å²) < 4.78 is 0. The van der Waals surface area contributed by atoms with Crippen molar-refractivity contribution < 1.29 is 4.79 Å². The summed E-state index contributed by atoms with van der Waals surface area (Å²) in [5, 5.41) is 8.75. The molecule has 3 rings (SSSR count). The summed E-state index contributed by atoms with van der Waals surface area (Å²) in [4.78, 5) is 16.3. The summed E-state index contributed by atoms with van der Waals surface area (Å²) in [7, 11) is 0. The first kappa shape index (κ1) is 15.2. The Bertz CT molecular complexity index is 782. The highest BCUT2D eigenvalue weighted by molar-refractivity contribution is 7.09. The van der Waals surface area contributed by atoms with Crippen LogP contribution < -0.4 is 10.6 Å². The third-order valence-electron chi connectivity index (χ3n) is 3.35. The number of carbonyl (C=O) groups excluding carboxylic acids is 1. The Balaban J connectivity index is 1.55. The molecule has 4 nitrogen and oxygen atoms in total. The minimum Gasteiger partial charge on any atom is -0.334 e. The molecule has 0 atom stereocenters. The minimum atomic E-state index is -0.213. The van der Waals surface area contributed by atoms with Crippen LogP contribution in [0, 0.1) is 6.92 Å². The Morgan fingerprint density at radius 3 is 2.48 bits per heavy atom. The molecule has 2 amide bonds. The van der Waals surface area contributed by atoms with E-state index in [9.17, 15) is 4.79 Å². The molecule has 0 fully saturated rings. The molecule has 1 aromatic heterocycles. The van der Waals surface area contributed by atoms with Crippen molar-refractivity contribution in [2.75, 3.05) is 5.32 Å². The second-order valence-electron chi connectivity index (χ2n) is 5.12. The van der Waals surface area contributed by atoms with Gasteiger partial charge in [-0.05, 0) is 24.6 Å². The van der Waals surface area contributed by atoms with E-state index in [-0.39, 0.29) is 6.03 Å². The van der Waals surface area contributed by atoms with Crippen LogP contribution in [0.3, 0.4) is 0 Å². The van der Waals surface area contributed by atoms with Gasteiger partial charge in [0.1, 0.15) is 0 Å². The van der Waals surface area contributed by atoms with Crippen molar-refractivity contribution in [1.29, 1.82) is 0 Å². The van der Waals surface area contributed by atoms with Gasteiger partial charge in [0.15, 0.2) is 0 Å². The maximum Gasteiger partial charge on any atom is 0.319 e. The van der Waals surface area contributed by atoms with Gasteiger partial charge in [-0.15, -0.1) is 11.3 Å². The molecule has 0 bridgehead atoms. The zero-order valence-electron chi connectivity index (χ0n) is 12.7. The van der Waals surface area contributed by atoms with E-state index in [4.69, 9.17) is 0 Å². The molecule has 0 unspecified atom stereocenters. The van der Waals surface area contributed by atoms with Gasteiger partial charge in [0, 0.05) is 23.2 Å². The topological polar surface area (TPSA) is 54.0 Å². The van der Waals surface area contributed by atoms with E-state index >= 15 is 0 Å². The summed E-state index contributed by atoms with van der Waals surface area (Å²) in [6.45, 7) is 2.48. The molecule has 0 saturated heterocycles. The van der Waals surface area contributed by atoms with Crippen LogP contribution in [0.25, 0.3) is 11.3 Å². The molecule has 0 aliphatic carbocycles. The van der Waals surface area contributed by atoms with Crippen LogP contribution >= 0.6 is 11.3 Å². The molecule has 23 heavy (non-hydrogen) atoms. The molecule has 3 aromatic rings. The van der Waals surface area contributed by atoms with E-state index in [0.717, 1.165) is 27.5 Å². The van der Waals surface area contributed by atoms with Crippen molar-refractivity contribution >= 4 is 23.1 Å². The second kappa shape index (κ2) is 7.07. The number of nitrogens with one attached hydrogen (secondary N) is 2. The number of aromatic nitrogens is 1. The predicted molar refractivity (Wildman–Crippen MR) is 94.6 cm³/mol. The van der Waals surface area contributed by atoms with Crippen molar-refractivity contribution in [3.63, 3.8) is 0 Å². The Morgan fingerprint density at radius 1 is 1.09 bits per heavy atom. The lowest BCUT2D eigenvalue weighted by molar-refractivity contribution is 0.251. The fraction of sp³-hybridized carbons (Fsp3) is 0.111. The van der Waals surface area contributed by atoms with Gasteiger partial charge in [-0.2, -0.15) is 0 Å². The number of amides is 2. The van der Waals surface area contributed by atoms with Gasteiger partial charge in [-0.25, -0.2) is 9.78 Å². The number of aryl methyl sites for hydroxylation is 1. The SMILES string of the molecule is Cc1nc(-c2ccc(CNC(=O)Nc3ccccc3)cc2)cs1. The molecule has 2 aromatic carbocycles. The lowest BCUT2D eigenvalue weighted by Gasteiger charge is -2.08. The summed E-state index contributed by atoms with van der Waals surface area (Å²) in [6.07, 6.45) is 0. The van der Waals surface area contributed by atoms with E-state index in [1.165, 1.54) is 0 Å². The lowest BCUT2D eigenvalue weighted by atomic mass is 10.1. The number of carbonyl (C=O) groups is 1. The van der Waals surface area contributed by atoms with Crippen LogP contribution in [0.2, 0.25) is 0 Å². The van der Waals surface area contributed by atoms with Gasteiger partial charge >= 0.3 is 6.03 Å². The molecular formula is C18H17N3OS. The molecule has 0 aliphatic heterocycles. The number of hydrogen-bond donors (Lipinski definition) is 2. The van der Waals surface area contributed by atoms with Crippen LogP contribution in [0.15, 0.2) is 60.0 Å². The van der Waals surface area contributed by atoms with Crippen LogP contribution in [-0.4, -0.2) is 11.0 Å². The minimum absolute atomic E-state index is 0.213. The Labute approximate surface area is 139 Å². The van der Waals surface area contributed by atoms with E-state index in [0.29, 0.717) is 6.54 Å². The van der Waals surface area contributed by atoms with Crippen molar-refractivity contribution in [2.45, 2.75) is 13.5 Å². The number of nitrogens with zero attached hydrogens (tertiary/aromatic N) is 1. The van der Waals surface area contributed by atoms with Gasteiger partial charge in [-0.3, -0.25) is 0 Å². The van der Waals surface area contributed by atoms with Crippen molar-refractivity contribution in [3.05, 3.63) is 70.5 Å². The Morgan fingerprint density at radius 2 is 1.83 bits per heavy atom. The molecule has 0 spiro atoms. The zero-order valence-corrected chi connectivity index (χ0v) is 13.6. The maximum atomic E-state index is 11.8. The third-order valence-corrected chi connectivity index (χ3v) is 4.13. The molecule has 1 heterocycles. The second-order valence-corrected chi connectivity index (χ2v) is 6.18. The lowest BCUT2D eigenvalue weighted by Crippen LogP contribution is -2.28. The number of benzene rings is 2. The van der Waals surface area contributed by atoms with E-state index in [1.807, 2.05) is 61.5 Å². The zero-order chi connectivity index (χ0) is 16.1. The molecule has 0 saturated carbocycles. The fourth-order valence-corrected chi connectivity index (χ4v) is 2.79. The average Bonchev–Trinajstić information content (AvgIpc) is 3.01. The van der Waals surface area contributed by atoms with Crippen LogP contribution in [0.1, 0.15) is 10.6 Å². The van der Waals surface area contributed by atoms with E-state index < -0.39 is 0 Å². The summed E-state index contributed by atoms with van der Waals surface area (Å²) in [5.74, 6) is 0. The molecular weight excluding hydrogens is 306 g/mol. The number of thiazole rings is 1. The monoisotopic (exact) mass is 323 g/mol. The number of anilines is 1. The first-order valence-corrected chi connectivity index (χ1v) is 8.20. The largest absolute Gasteiger partial charge is 0.334 e. The molecule has 0 radical (unpaired) electrons. The smallest absolute Gasteiger partial charge is 0.319 e. The fourth-order valence-electron chi connectivity index (χ4n) is 2.17. The van der Waals surface area contributed by atoms with Gasteiger partial charge in [0.25, 0.3) is 0 Å². The quantitative estimate of drug-likeness (QED) is 0.746. The van der Waals surface area contributed by atoms with Crippen molar-refractivity contribution in [2.24, 2.45) is 0 Å². The standard InChI is InChI=1S/C18H17N3OS/c1-13-20-17(12-23-13)15-9-7-14(8-10-15)11-19-18(22)21-16-5-3-2-4-6-16/h2-10,12H,11H2,1H3,(H2,19,21,22). The van der Waals surface area contributed by atoms with Crippen LogP contribution in [0.5, 0.6) is 0 Å². The highest BCUT2D eigenvalue weighted by Gasteiger charge is 2.04. The summed E-state index contributed by atoms with van der Waals surface area (Å²) >= 11 is 1.64. The van der Waals surface area contributed by atoms with Gasteiger partial charge in [0.05, 0.1) is 10.7 Å². The molecule has 2 N–H and O–H groups in total. The summed E-state index contributed by atoms with van der Waals surface area (Å²) in [5.41, 5.74) is 3.91. The highest BCUT2D eigenvalue weighted by atomic mass is 32.1. The van der Waals surface area contributed by atoms with Crippen LogP contribution in [0.4, 0.5) is 10.5 Å². The normalized spacial score (nSPS) is 10.3. The van der Waals surface area contributed by atoms with Crippen LogP contribution in [-0.2, 0) is 6.54 Å². The van der Waals surface area contributed by atoms with E-state index in [1.54, 1.807) is 11.3 Å². The third kappa shape index (κ3) is 4.17. The Hall–Kier alpha value is -2.66. The molecule has 0 aliphatic rings. The maximum absolute atomic E-state index is 11.8. The number of para-hydroxylation sites is 1. The number of rotatable bonds is 4. The molecule has 5 heteroatoms. The average molecular weight is 323 g/mol. The predicted octanol–water partition coefficient (Wildman–Crippen LogP) is 4.44. The van der Waals surface area contributed by atoms with Crippen molar-refractivity contribution in [3.8, 4) is 11.3 Å². The number of hydrogen-bond acceptors (Lipinski definition) is 3. The van der Waals surface area contributed by atoms with Gasteiger partial charge in [0.2, 0.25) is 0 Å². The van der Waals surface area contributed by atoms with Gasteiger partial charge < -0.3 is 10.6 Å². The Kier molecular flexibility index (Phi) is 4.68. The first-order chi connectivity index (χ1) is 11.2. The first-order valence-electron chi connectivity index (χ1n) is 7.32. The molecule has 116 valence electrons. The van der Waals surface area contributed by atoms with E-state index in [2.05, 4.69) is 21.0 Å². The van der Waals surface area contributed by atoms with Crippen molar-refractivity contribution in [1.82, 2.24) is 10.3 Å².